The lowest BCUT2D eigenvalue weighted by Gasteiger charge is -2.49. The maximum atomic E-state index is 14.1. The van der Waals surface area contributed by atoms with Crippen molar-refractivity contribution in [2.45, 2.75) is 11.8 Å². The third-order valence-electron chi connectivity index (χ3n) is 8.03. The Bertz CT molecular complexity index is 1570. The van der Waals surface area contributed by atoms with Crippen LogP contribution in [0.25, 0.3) is 11.1 Å². The molecule has 1 N–H and O–H groups in total. The third kappa shape index (κ3) is 4.79. The van der Waals surface area contributed by atoms with Gasteiger partial charge in [-0.25, -0.2) is 0 Å². The number of carboxylic acid groups (broad SMARTS) is 1. The van der Waals surface area contributed by atoms with Crippen LogP contribution in [0.3, 0.4) is 0 Å². The molecule has 4 aromatic carbocycles. The second-order valence-electron chi connectivity index (χ2n) is 10.2. The van der Waals surface area contributed by atoms with Crippen LogP contribution in [0.5, 0.6) is 28.7 Å². The molecule has 0 amide bonds. The fourth-order valence-electron chi connectivity index (χ4n) is 6.22. The summed E-state index contributed by atoms with van der Waals surface area (Å²) in [5.41, 5.74) is 2.89. The van der Waals surface area contributed by atoms with E-state index in [0.29, 0.717) is 53.1 Å². The Morgan fingerprint density at radius 1 is 0.738 bits per heavy atom. The summed E-state index contributed by atoms with van der Waals surface area (Å²) in [5, 5.41) is 10.4. The molecule has 8 nitrogen and oxygen atoms in total. The number of ether oxygens (including phenoxy) is 5. The van der Waals surface area contributed by atoms with Gasteiger partial charge in [0.05, 0.1) is 26.1 Å². The highest BCUT2D eigenvalue weighted by molar-refractivity contribution is 5.86. The molecule has 1 heterocycles. The van der Waals surface area contributed by atoms with Gasteiger partial charge >= 0.3 is 11.9 Å². The molecule has 0 aromatic heterocycles. The summed E-state index contributed by atoms with van der Waals surface area (Å²) < 4.78 is 28.8. The number of esters is 1. The van der Waals surface area contributed by atoms with Crippen LogP contribution in [0.4, 0.5) is 0 Å². The first-order chi connectivity index (χ1) is 20.5. The predicted octanol–water partition coefficient (Wildman–Crippen LogP) is 5.95. The first-order valence-electron chi connectivity index (χ1n) is 13.7. The van der Waals surface area contributed by atoms with Gasteiger partial charge in [-0.1, -0.05) is 60.7 Å². The van der Waals surface area contributed by atoms with Crippen LogP contribution in [-0.2, 0) is 9.59 Å². The molecule has 8 heteroatoms. The molecule has 1 aliphatic heterocycles. The van der Waals surface area contributed by atoms with Crippen molar-refractivity contribution in [3.05, 3.63) is 102 Å². The molecular weight excluding hydrogens is 536 g/mol. The summed E-state index contributed by atoms with van der Waals surface area (Å²) in [6.45, 7) is 0.924. The second kappa shape index (κ2) is 11.5. The van der Waals surface area contributed by atoms with E-state index in [2.05, 4.69) is 0 Å². The van der Waals surface area contributed by atoms with Crippen molar-refractivity contribution in [1.82, 2.24) is 0 Å². The van der Waals surface area contributed by atoms with Crippen LogP contribution in [0.1, 0.15) is 23.0 Å². The van der Waals surface area contributed by atoms with Crippen molar-refractivity contribution in [2.75, 3.05) is 27.4 Å². The molecule has 2 unspecified atom stereocenters. The number of carbonyl (C=O) groups excluding carboxylic acids is 1. The number of para-hydroxylation sites is 3. The van der Waals surface area contributed by atoms with E-state index < -0.39 is 35.6 Å². The number of methoxy groups -OCH3 is 2. The lowest BCUT2D eigenvalue weighted by atomic mass is 9.52. The summed E-state index contributed by atoms with van der Waals surface area (Å²) in [5.74, 6) is -1.97. The van der Waals surface area contributed by atoms with Crippen LogP contribution < -0.4 is 23.7 Å². The van der Waals surface area contributed by atoms with E-state index in [1.807, 2.05) is 48.5 Å². The highest BCUT2D eigenvalue weighted by Gasteiger charge is 2.60. The number of aliphatic carboxylic acids is 1. The monoisotopic (exact) mass is 566 g/mol. The molecule has 214 valence electrons. The van der Waals surface area contributed by atoms with E-state index >= 15 is 0 Å². The van der Waals surface area contributed by atoms with E-state index in [1.54, 1.807) is 42.5 Å². The second-order valence-corrected chi connectivity index (χ2v) is 10.2. The van der Waals surface area contributed by atoms with E-state index in [0.717, 1.165) is 11.1 Å². The molecule has 42 heavy (non-hydrogen) atoms. The average Bonchev–Trinajstić information content (AvgIpc) is 3.00. The first kappa shape index (κ1) is 27.2. The van der Waals surface area contributed by atoms with Gasteiger partial charge in [0.15, 0.2) is 11.5 Å². The number of rotatable bonds is 8. The molecule has 0 radical (unpaired) electrons. The summed E-state index contributed by atoms with van der Waals surface area (Å²) in [7, 11) is 3.06. The Labute approximate surface area is 243 Å². The van der Waals surface area contributed by atoms with E-state index in [4.69, 9.17) is 23.7 Å². The Morgan fingerprint density at radius 2 is 1.36 bits per heavy atom. The minimum absolute atomic E-state index is 0.336. The van der Waals surface area contributed by atoms with Crippen LogP contribution in [0.2, 0.25) is 0 Å². The molecule has 0 saturated heterocycles. The third-order valence-corrected chi connectivity index (χ3v) is 8.03. The SMILES string of the molecule is COc1ccccc1C1C(C(=O)Oc2cccc(-c3cccc4c3OCCO4)c2)[C@H](c2ccccc2OC)[C@H]1C(=O)O. The summed E-state index contributed by atoms with van der Waals surface area (Å²) in [6, 6.07) is 27.2. The zero-order valence-corrected chi connectivity index (χ0v) is 23.2. The van der Waals surface area contributed by atoms with Crippen molar-refractivity contribution in [1.29, 1.82) is 0 Å². The number of carboxylic acids is 1. The molecular formula is C34H30O8. The molecule has 1 aliphatic carbocycles. The molecule has 2 aliphatic rings. The van der Waals surface area contributed by atoms with E-state index in [9.17, 15) is 14.7 Å². The fraction of sp³-hybridized carbons (Fsp3) is 0.235. The van der Waals surface area contributed by atoms with Crippen LogP contribution in [0, 0.1) is 11.8 Å². The van der Waals surface area contributed by atoms with Gasteiger partial charge in [-0.05, 0) is 47.0 Å². The van der Waals surface area contributed by atoms with Gasteiger partial charge in [0.25, 0.3) is 0 Å². The van der Waals surface area contributed by atoms with Crippen molar-refractivity contribution in [2.24, 2.45) is 11.8 Å². The maximum Gasteiger partial charge on any atom is 0.315 e. The highest BCUT2D eigenvalue weighted by atomic mass is 16.6. The summed E-state index contributed by atoms with van der Waals surface area (Å²) >= 11 is 0. The van der Waals surface area contributed by atoms with Gasteiger partial charge in [0, 0.05) is 17.4 Å². The van der Waals surface area contributed by atoms with Crippen LogP contribution >= 0.6 is 0 Å². The Balaban J connectivity index is 1.38. The standard InChI is InChI=1S/C34H30O8/c1-38-25-14-5-3-11-23(25)28-30(33(35)36)29(24-12-4-6-15-26(24)39-2)31(28)34(37)42-21-10-7-9-20(19-21)22-13-8-16-27-32(22)41-18-17-40-27/h3-16,19,28-31H,17-18H2,1-2H3,(H,35,36)/t28-,29?,30-,31?/m1/s1. The minimum Gasteiger partial charge on any atom is -0.496 e. The fourth-order valence-corrected chi connectivity index (χ4v) is 6.22. The van der Waals surface area contributed by atoms with E-state index in [-0.39, 0.29) is 0 Å². The normalized spacial score (nSPS) is 20.6. The molecule has 1 saturated carbocycles. The van der Waals surface area contributed by atoms with Crippen molar-refractivity contribution < 1.29 is 38.4 Å². The van der Waals surface area contributed by atoms with E-state index in [1.165, 1.54) is 14.2 Å². The smallest absolute Gasteiger partial charge is 0.315 e. The quantitative estimate of drug-likeness (QED) is 0.206. The number of hydrogen-bond acceptors (Lipinski definition) is 7. The Morgan fingerprint density at radius 3 is 2.00 bits per heavy atom. The predicted molar refractivity (Wildman–Crippen MR) is 155 cm³/mol. The topological polar surface area (TPSA) is 101 Å². The zero-order valence-electron chi connectivity index (χ0n) is 23.2. The molecule has 0 bridgehead atoms. The molecule has 0 spiro atoms. The van der Waals surface area contributed by atoms with Gasteiger partial charge in [-0.2, -0.15) is 0 Å². The number of benzene rings is 4. The number of carbonyl (C=O) groups is 2. The van der Waals surface area contributed by atoms with Crippen LogP contribution in [-0.4, -0.2) is 44.5 Å². The summed E-state index contributed by atoms with van der Waals surface area (Å²) in [6.07, 6.45) is 0. The zero-order chi connectivity index (χ0) is 29.2. The van der Waals surface area contributed by atoms with Crippen molar-refractivity contribution in [3.63, 3.8) is 0 Å². The van der Waals surface area contributed by atoms with Crippen molar-refractivity contribution >= 4 is 11.9 Å². The van der Waals surface area contributed by atoms with Crippen LogP contribution in [0.15, 0.2) is 91.0 Å². The number of hydrogen-bond donors (Lipinski definition) is 1. The lowest BCUT2D eigenvalue weighted by Crippen LogP contribution is -2.52. The molecule has 1 fully saturated rings. The Kier molecular flexibility index (Phi) is 7.44. The van der Waals surface area contributed by atoms with Gasteiger partial charge in [0.2, 0.25) is 0 Å². The average molecular weight is 567 g/mol. The van der Waals surface area contributed by atoms with Gasteiger partial charge in [-0.3, -0.25) is 9.59 Å². The summed E-state index contributed by atoms with van der Waals surface area (Å²) in [4.78, 5) is 26.8. The number of fused-ring (bicyclic) bond motifs is 1. The lowest BCUT2D eigenvalue weighted by molar-refractivity contribution is -0.158. The van der Waals surface area contributed by atoms with Crippen molar-refractivity contribution in [3.8, 4) is 39.9 Å². The molecule has 6 rings (SSSR count). The Hall–Kier alpha value is -4.98. The maximum absolute atomic E-state index is 14.1. The highest BCUT2D eigenvalue weighted by Crippen LogP contribution is 2.60. The largest absolute Gasteiger partial charge is 0.496 e. The molecule has 4 atom stereocenters. The first-order valence-corrected chi connectivity index (χ1v) is 13.7. The van der Waals surface area contributed by atoms with Gasteiger partial charge < -0.3 is 28.8 Å². The van der Waals surface area contributed by atoms with Gasteiger partial charge in [-0.15, -0.1) is 0 Å². The minimum atomic E-state index is -1.01. The van der Waals surface area contributed by atoms with Gasteiger partial charge in [0.1, 0.15) is 30.5 Å². The molecule has 4 aromatic rings.